The first kappa shape index (κ1) is 53.7. The SMILES string of the molecule is CC(C)c1cccc(C(C)C)c1-c1cc(Oc2ccc3c4ccccc4n(-c4cc(C(C)(C)c5ccccc5)ccn4)c3c2)cc(-n2[c-][n+](-c3cc(C(C)(C)c4ccccc4)cc(C(C)(C)c4ccccc4)c3)c(C(C)(C)C)c2)c1. The fourth-order valence-corrected chi connectivity index (χ4v) is 11.9. The molecule has 0 aliphatic heterocycles. The van der Waals surface area contributed by atoms with Gasteiger partial charge in [0.15, 0.2) is 0 Å². The lowest BCUT2D eigenvalue weighted by molar-refractivity contribution is -0.611. The van der Waals surface area contributed by atoms with E-state index < -0.39 is 0 Å². The molecule has 0 aliphatic carbocycles. The number of imidazole rings is 1. The lowest BCUT2D eigenvalue weighted by atomic mass is 9.73. The minimum absolute atomic E-state index is 0.242. The van der Waals surface area contributed by atoms with Gasteiger partial charge in [0, 0.05) is 45.5 Å². The van der Waals surface area contributed by atoms with Crippen molar-refractivity contribution in [1.82, 2.24) is 14.1 Å². The molecule has 0 aliphatic rings. The van der Waals surface area contributed by atoms with Crippen LogP contribution in [0.2, 0.25) is 0 Å². The van der Waals surface area contributed by atoms with Gasteiger partial charge < -0.3 is 4.74 Å². The number of hydrogen-bond acceptors (Lipinski definition) is 2. The van der Waals surface area contributed by atoms with Gasteiger partial charge in [-0.05, 0) is 134 Å². The molecule has 11 rings (SSSR count). The third kappa shape index (κ3) is 9.97. The standard InChI is InChI=1S/C75H76N4O/c1-50(2)63-33-25-34-64(51(3)4)71(63)52-40-59(77-48-69(72(5,6)7)78(49-77)60-43-57(74(10,11)54-28-19-15-20-29-54)42-58(44-60)75(12,13)55-30-21-16-22-31-55)46-62(41-52)80-61-36-37-66-65-32-23-24-35-67(65)79(68(66)47-61)70-45-56(38-39-76-70)73(8,9)53-26-17-14-18-27-53/h14-48,50-51H,1-13H3. The van der Waals surface area contributed by atoms with Gasteiger partial charge in [-0.15, -0.1) is 0 Å². The van der Waals surface area contributed by atoms with Gasteiger partial charge >= 0.3 is 0 Å². The molecule has 0 saturated carbocycles. The lowest BCUT2D eigenvalue weighted by Gasteiger charge is -2.32. The van der Waals surface area contributed by atoms with Gasteiger partial charge in [0.25, 0.3) is 6.33 Å². The predicted octanol–water partition coefficient (Wildman–Crippen LogP) is 19.0. The average Bonchev–Trinajstić information content (AvgIpc) is 4.09. The molecule has 5 nitrogen and oxygen atoms in total. The van der Waals surface area contributed by atoms with Crippen LogP contribution in [0.3, 0.4) is 0 Å². The first-order valence-electron chi connectivity index (χ1n) is 28.6. The van der Waals surface area contributed by atoms with E-state index in [9.17, 15) is 0 Å². The van der Waals surface area contributed by atoms with Gasteiger partial charge in [0.05, 0.1) is 28.1 Å². The van der Waals surface area contributed by atoms with Crippen LogP contribution in [0, 0.1) is 6.33 Å². The van der Waals surface area contributed by atoms with Crippen LogP contribution < -0.4 is 9.30 Å². The Labute approximate surface area is 475 Å². The Kier molecular flexibility index (Phi) is 13.9. The number of hydrogen-bond donors (Lipinski definition) is 0. The summed E-state index contributed by atoms with van der Waals surface area (Å²) in [6, 6.07) is 72.8. The number of pyridine rings is 1. The van der Waals surface area contributed by atoms with Gasteiger partial charge in [-0.3, -0.25) is 13.7 Å². The fraction of sp³-hybridized carbons (Fsp3) is 0.253. The summed E-state index contributed by atoms with van der Waals surface area (Å²) in [5, 5.41) is 2.30. The van der Waals surface area contributed by atoms with E-state index in [2.05, 4.69) is 316 Å². The topological polar surface area (TPSA) is 35.9 Å². The highest BCUT2D eigenvalue weighted by atomic mass is 16.5. The third-order valence-corrected chi connectivity index (χ3v) is 17.0. The summed E-state index contributed by atoms with van der Waals surface area (Å²) >= 11 is 0. The molecular formula is C75H76N4O. The number of fused-ring (bicyclic) bond motifs is 3. The molecule has 11 aromatic rings. The minimum atomic E-state index is -0.292. The van der Waals surface area contributed by atoms with Gasteiger partial charge in [0.1, 0.15) is 17.3 Å². The van der Waals surface area contributed by atoms with Crippen LogP contribution in [0.1, 0.15) is 152 Å². The van der Waals surface area contributed by atoms with Crippen molar-refractivity contribution in [3.8, 4) is 39.8 Å². The first-order valence-corrected chi connectivity index (χ1v) is 28.6. The zero-order valence-corrected chi connectivity index (χ0v) is 49.1. The van der Waals surface area contributed by atoms with E-state index in [1.54, 1.807) is 0 Å². The molecule has 5 heteroatoms. The molecular weight excluding hydrogens is 973 g/mol. The van der Waals surface area contributed by atoms with Crippen molar-refractivity contribution in [3.05, 3.63) is 269 Å². The van der Waals surface area contributed by atoms with Crippen molar-refractivity contribution in [2.24, 2.45) is 0 Å². The maximum absolute atomic E-state index is 7.25. The van der Waals surface area contributed by atoms with E-state index in [0.717, 1.165) is 61.8 Å². The Hall–Kier alpha value is -8.28. The number of ether oxygens (including phenoxy) is 1. The highest BCUT2D eigenvalue weighted by Gasteiger charge is 2.32. The number of rotatable bonds is 14. The van der Waals surface area contributed by atoms with Crippen LogP contribution in [-0.4, -0.2) is 14.1 Å². The average molecular weight is 1050 g/mol. The molecule has 0 amide bonds. The van der Waals surface area contributed by atoms with E-state index >= 15 is 0 Å². The first-order chi connectivity index (χ1) is 38.2. The molecule has 0 atom stereocenters. The van der Waals surface area contributed by atoms with Crippen molar-refractivity contribution in [2.45, 2.75) is 124 Å². The summed E-state index contributed by atoms with van der Waals surface area (Å²) in [4.78, 5) is 5.06. The molecule has 3 heterocycles. The molecule has 80 heavy (non-hydrogen) atoms. The number of nitrogens with zero attached hydrogens (tertiary/aromatic N) is 4. The molecule has 0 fully saturated rings. The van der Waals surface area contributed by atoms with E-state index in [1.165, 1.54) is 50.1 Å². The van der Waals surface area contributed by atoms with Crippen LogP contribution in [-0.2, 0) is 21.7 Å². The molecule has 0 radical (unpaired) electrons. The van der Waals surface area contributed by atoms with Crippen LogP contribution >= 0.6 is 0 Å². The number of para-hydroxylation sites is 1. The fourth-order valence-electron chi connectivity index (χ4n) is 11.9. The maximum atomic E-state index is 7.25. The number of benzene rings is 8. The summed E-state index contributed by atoms with van der Waals surface area (Å²) in [6.45, 7) is 30.0. The van der Waals surface area contributed by atoms with Crippen molar-refractivity contribution in [2.75, 3.05) is 0 Å². The quantitative estimate of drug-likeness (QED) is 0.0804. The molecule has 8 aromatic carbocycles. The molecule has 0 bridgehead atoms. The molecule has 0 unspecified atom stereocenters. The second-order valence-corrected chi connectivity index (χ2v) is 25.2. The van der Waals surface area contributed by atoms with E-state index in [4.69, 9.17) is 9.72 Å². The van der Waals surface area contributed by atoms with Gasteiger partial charge in [-0.1, -0.05) is 223 Å². The van der Waals surface area contributed by atoms with Crippen molar-refractivity contribution in [1.29, 1.82) is 0 Å². The summed E-state index contributed by atoms with van der Waals surface area (Å²) in [6.07, 6.45) is 8.19. The molecule has 0 spiro atoms. The van der Waals surface area contributed by atoms with Crippen molar-refractivity contribution < 1.29 is 9.30 Å². The largest absolute Gasteiger partial charge is 0.458 e. The molecule has 0 saturated heterocycles. The zero-order valence-electron chi connectivity index (χ0n) is 49.1. The maximum Gasteiger partial charge on any atom is 0.269 e. The molecule has 3 aromatic heterocycles. The van der Waals surface area contributed by atoms with E-state index in [1.807, 2.05) is 6.20 Å². The minimum Gasteiger partial charge on any atom is -0.458 e. The highest BCUT2D eigenvalue weighted by molar-refractivity contribution is 6.09. The van der Waals surface area contributed by atoms with Gasteiger partial charge in [-0.25, -0.2) is 4.98 Å². The monoisotopic (exact) mass is 1050 g/mol. The van der Waals surface area contributed by atoms with Crippen molar-refractivity contribution in [3.63, 3.8) is 0 Å². The number of aromatic nitrogens is 4. The second kappa shape index (κ2) is 20.7. The normalized spacial score (nSPS) is 12.5. The van der Waals surface area contributed by atoms with Crippen LogP contribution in [0.5, 0.6) is 11.5 Å². The Morgan fingerprint density at radius 3 is 1.56 bits per heavy atom. The summed E-state index contributed by atoms with van der Waals surface area (Å²) in [5.41, 5.74) is 16.6. The Balaban J connectivity index is 1.09. The second-order valence-electron chi connectivity index (χ2n) is 25.2. The predicted molar refractivity (Wildman–Crippen MR) is 333 cm³/mol. The molecule has 402 valence electrons. The van der Waals surface area contributed by atoms with Crippen LogP contribution in [0.4, 0.5) is 0 Å². The summed E-state index contributed by atoms with van der Waals surface area (Å²) in [7, 11) is 0. The Bertz CT molecular complexity index is 3940. The summed E-state index contributed by atoms with van der Waals surface area (Å²) < 4.78 is 14.0. The van der Waals surface area contributed by atoms with Gasteiger partial charge in [-0.2, -0.15) is 0 Å². The third-order valence-electron chi connectivity index (χ3n) is 17.0. The Morgan fingerprint density at radius 2 is 1.00 bits per heavy atom. The zero-order chi connectivity index (χ0) is 56.3. The van der Waals surface area contributed by atoms with Crippen LogP contribution in [0.15, 0.2) is 213 Å². The van der Waals surface area contributed by atoms with Crippen molar-refractivity contribution >= 4 is 21.8 Å². The molecule has 0 N–H and O–H groups in total. The van der Waals surface area contributed by atoms with Crippen LogP contribution in [0.25, 0.3) is 50.1 Å². The highest BCUT2D eigenvalue weighted by Crippen LogP contribution is 2.43. The summed E-state index contributed by atoms with van der Waals surface area (Å²) in [5.74, 6) is 2.92. The Morgan fingerprint density at radius 1 is 0.463 bits per heavy atom. The van der Waals surface area contributed by atoms with Gasteiger partial charge in [0.2, 0.25) is 0 Å². The lowest BCUT2D eigenvalue weighted by Crippen LogP contribution is -2.39. The smallest absolute Gasteiger partial charge is 0.269 e. The van der Waals surface area contributed by atoms with E-state index in [0.29, 0.717) is 11.8 Å². The van der Waals surface area contributed by atoms with E-state index in [-0.39, 0.29) is 21.7 Å².